The molecule has 0 aliphatic carbocycles. The number of rotatable bonds is 5. The van der Waals surface area contributed by atoms with Gasteiger partial charge in [0.25, 0.3) is 5.91 Å². The molecule has 0 aromatic heterocycles. The molecule has 3 amide bonds. The lowest BCUT2D eigenvalue weighted by atomic mass is 9.84. The van der Waals surface area contributed by atoms with Crippen LogP contribution < -0.4 is 10.9 Å². The fourth-order valence-electron chi connectivity index (χ4n) is 3.78. The molecule has 2 aromatic carbocycles. The number of nitrogens with one attached hydrogen (secondary N) is 2. The summed E-state index contributed by atoms with van der Waals surface area (Å²) in [6, 6.07) is 11.6. The molecule has 33 heavy (non-hydrogen) atoms. The molecule has 2 N–H and O–H groups in total. The fourth-order valence-corrected chi connectivity index (χ4v) is 3.78. The van der Waals surface area contributed by atoms with Crippen molar-refractivity contribution in [2.75, 3.05) is 6.54 Å². The average Bonchev–Trinajstić information content (AvgIpc) is 2.76. The van der Waals surface area contributed by atoms with Gasteiger partial charge in [-0.3, -0.25) is 25.2 Å². The van der Waals surface area contributed by atoms with E-state index in [1.807, 2.05) is 18.2 Å². The Balaban J connectivity index is 1.48. The minimum atomic E-state index is -4.50. The van der Waals surface area contributed by atoms with E-state index >= 15 is 0 Å². The number of benzene rings is 2. The van der Waals surface area contributed by atoms with Crippen LogP contribution in [0.1, 0.15) is 53.7 Å². The first-order chi connectivity index (χ1) is 15.4. The number of carbonyl (C=O) groups excluding carboxylic acids is 3. The summed E-state index contributed by atoms with van der Waals surface area (Å²) >= 11 is 0. The Morgan fingerprint density at radius 3 is 2.18 bits per heavy atom. The van der Waals surface area contributed by atoms with Crippen molar-refractivity contribution in [1.82, 2.24) is 15.8 Å². The van der Waals surface area contributed by atoms with Gasteiger partial charge in [-0.1, -0.05) is 38.1 Å². The van der Waals surface area contributed by atoms with Crippen molar-refractivity contribution in [3.8, 4) is 0 Å². The largest absolute Gasteiger partial charge is 0.416 e. The van der Waals surface area contributed by atoms with Crippen LogP contribution in [0.2, 0.25) is 0 Å². The molecule has 9 heteroatoms. The Morgan fingerprint density at radius 2 is 1.55 bits per heavy atom. The third-order valence-electron chi connectivity index (χ3n) is 5.54. The predicted molar refractivity (Wildman–Crippen MR) is 116 cm³/mol. The molecule has 0 radical (unpaired) electrons. The first-order valence-electron chi connectivity index (χ1n) is 10.6. The lowest BCUT2D eigenvalue weighted by Crippen LogP contribution is -2.44. The standard InChI is InChI=1S/C24H26F3N3O3/c1-23(2,14-21(32)30-12-11-16-5-3-4-6-18(16)15-30)13-20(31)28-29-22(33)17-7-9-19(10-8-17)24(25,26)27/h3-10H,11-15H2,1-2H3,(H,28,31)(H,29,33). The van der Waals surface area contributed by atoms with E-state index in [0.717, 1.165) is 36.2 Å². The SMILES string of the molecule is CC(C)(CC(=O)NNC(=O)c1ccc(C(F)(F)F)cc1)CC(=O)N1CCc2ccccc2C1. The number of hydrogen-bond donors (Lipinski definition) is 2. The van der Waals surface area contributed by atoms with Gasteiger partial charge in [-0.15, -0.1) is 0 Å². The van der Waals surface area contributed by atoms with Crippen LogP contribution in [0.4, 0.5) is 13.2 Å². The van der Waals surface area contributed by atoms with E-state index in [-0.39, 0.29) is 24.3 Å². The zero-order chi connectivity index (χ0) is 24.2. The van der Waals surface area contributed by atoms with Crippen molar-refractivity contribution in [2.24, 2.45) is 5.41 Å². The molecule has 0 saturated heterocycles. The average molecular weight is 461 g/mol. The summed E-state index contributed by atoms with van der Waals surface area (Å²) < 4.78 is 37.9. The second kappa shape index (κ2) is 9.64. The molecule has 2 aromatic rings. The fraction of sp³-hybridized carbons (Fsp3) is 0.375. The Labute approximate surface area is 190 Å². The zero-order valence-electron chi connectivity index (χ0n) is 18.5. The van der Waals surface area contributed by atoms with Gasteiger partial charge in [0.05, 0.1) is 5.56 Å². The first-order valence-corrected chi connectivity index (χ1v) is 10.6. The van der Waals surface area contributed by atoms with Crippen molar-refractivity contribution < 1.29 is 27.6 Å². The normalized spacial score (nSPS) is 13.8. The van der Waals surface area contributed by atoms with Gasteiger partial charge in [0, 0.05) is 31.5 Å². The molecule has 1 aliphatic rings. The molecular formula is C24H26F3N3O3. The number of nitrogens with zero attached hydrogens (tertiary/aromatic N) is 1. The molecule has 1 aliphatic heterocycles. The maximum Gasteiger partial charge on any atom is 0.416 e. The summed E-state index contributed by atoms with van der Waals surface area (Å²) in [6.45, 7) is 4.75. The third kappa shape index (κ3) is 6.57. The van der Waals surface area contributed by atoms with Crippen molar-refractivity contribution in [1.29, 1.82) is 0 Å². The highest BCUT2D eigenvalue weighted by Gasteiger charge is 2.31. The van der Waals surface area contributed by atoms with Gasteiger partial charge < -0.3 is 4.90 Å². The third-order valence-corrected chi connectivity index (χ3v) is 5.54. The number of alkyl halides is 3. The van der Waals surface area contributed by atoms with Crippen LogP contribution in [0.25, 0.3) is 0 Å². The highest BCUT2D eigenvalue weighted by Crippen LogP contribution is 2.29. The second-order valence-electron chi connectivity index (χ2n) is 8.93. The van der Waals surface area contributed by atoms with Crippen molar-refractivity contribution >= 4 is 17.7 Å². The molecule has 0 fully saturated rings. The monoisotopic (exact) mass is 461 g/mol. The van der Waals surface area contributed by atoms with E-state index in [4.69, 9.17) is 0 Å². The summed E-state index contributed by atoms with van der Waals surface area (Å²) in [5.74, 6) is -1.29. The molecule has 3 rings (SSSR count). The Bertz CT molecular complexity index is 1030. The van der Waals surface area contributed by atoms with Crippen LogP contribution in [0, 0.1) is 5.41 Å². The second-order valence-corrected chi connectivity index (χ2v) is 8.93. The molecular weight excluding hydrogens is 435 g/mol. The molecule has 0 saturated carbocycles. The highest BCUT2D eigenvalue weighted by molar-refractivity contribution is 5.95. The van der Waals surface area contributed by atoms with Crippen molar-refractivity contribution in [3.63, 3.8) is 0 Å². The molecule has 6 nitrogen and oxygen atoms in total. The van der Waals surface area contributed by atoms with E-state index in [0.29, 0.717) is 13.1 Å². The highest BCUT2D eigenvalue weighted by atomic mass is 19.4. The Morgan fingerprint density at radius 1 is 0.909 bits per heavy atom. The summed E-state index contributed by atoms with van der Waals surface area (Å²) in [7, 11) is 0. The number of hydrogen-bond acceptors (Lipinski definition) is 3. The Kier molecular flexibility index (Phi) is 7.09. The number of amides is 3. The molecule has 0 bridgehead atoms. The van der Waals surface area contributed by atoms with Gasteiger partial charge in [-0.25, -0.2) is 0 Å². The smallest absolute Gasteiger partial charge is 0.338 e. The van der Waals surface area contributed by atoms with E-state index in [1.54, 1.807) is 18.7 Å². The number of halogens is 3. The van der Waals surface area contributed by atoms with Gasteiger partial charge in [-0.2, -0.15) is 13.2 Å². The van der Waals surface area contributed by atoms with E-state index < -0.39 is 29.0 Å². The van der Waals surface area contributed by atoms with E-state index in [9.17, 15) is 27.6 Å². The number of carbonyl (C=O) groups is 3. The predicted octanol–water partition coefficient (Wildman–Crippen LogP) is 3.86. The van der Waals surface area contributed by atoms with E-state index in [2.05, 4.69) is 16.9 Å². The molecule has 0 unspecified atom stereocenters. The minimum Gasteiger partial charge on any atom is -0.338 e. The first kappa shape index (κ1) is 24.3. The van der Waals surface area contributed by atoms with Gasteiger partial charge in [-0.05, 0) is 47.2 Å². The van der Waals surface area contributed by atoms with Crippen LogP contribution in [0.5, 0.6) is 0 Å². The van der Waals surface area contributed by atoms with Crippen LogP contribution in [0.3, 0.4) is 0 Å². The number of hydrazine groups is 1. The maximum absolute atomic E-state index is 12.8. The van der Waals surface area contributed by atoms with Gasteiger partial charge in [0.15, 0.2) is 0 Å². The van der Waals surface area contributed by atoms with Crippen LogP contribution in [-0.2, 0) is 28.7 Å². The Hall–Kier alpha value is -3.36. The number of fused-ring (bicyclic) bond motifs is 1. The summed E-state index contributed by atoms with van der Waals surface area (Å²) in [5, 5.41) is 0. The quantitative estimate of drug-likeness (QED) is 0.664. The maximum atomic E-state index is 12.8. The molecule has 0 atom stereocenters. The van der Waals surface area contributed by atoms with Crippen LogP contribution >= 0.6 is 0 Å². The summed E-state index contributed by atoms with van der Waals surface area (Å²) in [6.07, 6.45) is -3.56. The minimum absolute atomic E-state index is 0.0174. The van der Waals surface area contributed by atoms with E-state index in [1.165, 1.54) is 5.56 Å². The molecule has 0 spiro atoms. The van der Waals surface area contributed by atoms with Crippen molar-refractivity contribution in [3.05, 3.63) is 70.8 Å². The van der Waals surface area contributed by atoms with Crippen LogP contribution in [0.15, 0.2) is 48.5 Å². The molecule has 176 valence electrons. The van der Waals surface area contributed by atoms with Gasteiger partial charge in [0.2, 0.25) is 11.8 Å². The lowest BCUT2D eigenvalue weighted by molar-refractivity contribution is -0.138. The summed E-state index contributed by atoms with van der Waals surface area (Å²) in [5.41, 5.74) is 5.27. The summed E-state index contributed by atoms with van der Waals surface area (Å²) in [4.78, 5) is 39.0. The molecule has 1 heterocycles. The topological polar surface area (TPSA) is 78.5 Å². The van der Waals surface area contributed by atoms with Crippen LogP contribution in [-0.4, -0.2) is 29.2 Å². The van der Waals surface area contributed by atoms with Gasteiger partial charge in [0.1, 0.15) is 0 Å². The van der Waals surface area contributed by atoms with Gasteiger partial charge >= 0.3 is 6.18 Å². The lowest BCUT2D eigenvalue weighted by Gasteiger charge is -2.32. The van der Waals surface area contributed by atoms with Crippen molar-refractivity contribution in [2.45, 2.75) is 45.8 Å². The zero-order valence-corrected chi connectivity index (χ0v) is 18.5.